The molecular weight excluding hydrogens is 267 g/mol. The molecule has 0 amide bonds. The number of hydrogen-bond acceptors (Lipinski definition) is 3. The number of hydrogen-bond donors (Lipinski definition) is 3. The highest BCUT2D eigenvalue weighted by molar-refractivity contribution is 5.73. The highest BCUT2D eigenvalue weighted by atomic mass is 19.4. The summed E-state index contributed by atoms with van der Waals surface area (Å²) < 4.78 is 31.7. The Kier molecular flexibility index (Phi) is 7.43. The van der Waals surface area contributed by atoms with E-state index in [1.54, 1.807) is 6.92 Å². The van der Waals surface area contributed by atoms with Crippen LogP contribution >= 0.6 is 0 Å². The maximum atomic E-state index is 10.6. The van der Waals surface area contributed by atoms with Crippen molar-refractivity contribution in [3.63, 3.8) is 0 Å². The predicted molar refractivity (Wildman–Crippen MR) is 60.8 cm³/mol. The minimum Gasteiger partial charge on any atom is -0.480 e. The second-order valence-electron chi connectivity index (χ2n) is 4.36. The van der Waals surface area contributed by atoms with Gasteiger partial charge in [-0.15, -0.1) is 0 Å². The fourth-order valence-corrected chi connectivity index (χ4v) is 1.69. The van der Waals surface area contributed by atoms with Gasteiger partial charge >= 0.3 is 18.1 Å². The van der Waals surface area contributed by atoms with Gasteiger partial charge < -0.3 is 15.5 Å². The van der Waals surface area contributed by atoms with Crippen LogP contribution in [0.4, 0.5) is 13.2 Å². The van der Waals surface area contributed by atoms with Gasteiger partial charge in [-0.25, -0.2) is 4.79 Å². The molecule has 1 fully saturated rings. The first-order chi connectivity index (χ1) is 8.64. The zero-order chi connectivity index (χ0) is 15.1. The fraction of sp³-hybridized carbons (Fsp3) is 0.818. The molecule has 0 aromatic carbocycles. The molecule has 5 nitrogen and oxygen atoms in total. The van der Waals surface area contributed by atoms with Gasteiger partial charge in [0.05, 0.1) is 0 Å². The Labute approximate surface area is 108 Å². The summed E-state index contributed by atoms with van der Waals surface area (Å²) in [6.07, 6.45) is 0.975. The van der Waals surface area contributed by atoms with Gasteiger partial charge in [0.15, 0.2) is 0 Å². The van der Waals surface area contributed by atoms with E-state index in [0.29, 0.717) is 6.04 Å². The number of nitrogens with one attached hydrogen (secondary N) is 1. The Morgan fingerprint density at radius 3 is 1.89 bits per heavy atom. The van der Waals surface area contributed by atoms with Crippen molar-refractivity contribution in [3.8, 4) is 0 Å². The van der Waals surface area contributed by atoms with Crippen LogP contribution in [0, 0.1) is 0 Å². The van der Waals surface area contributed by atoms with Crippen LogP contribution in [0.3, 0.4) is 0 Å². The molecule has 112 valence electrons. The molecule has 1 aliphatic carbocycles. The number of carboxylic acid groups (broad SMARTS) is 2. The molecule has 0 heterocycles. The Morgan fingerprint density at radius 1 is 1.16 bits per heavy atom. The molecule has 1 aliphatic rings. The number of aliphatic carboxylic acids is 2. The second kappa shape index (κ2) is 7.98. The van der Waals surface area contributed by atoms with E-state index in [9.17, 15) is 18.0 Å². The van der Waals surface area contributed by atoms with Crippen LogP contribution in [0.15, 0.2) is 0 Å². The summed E-state index contributed by atoms with van der Waals surface area (Å²) >= 11 is 0. The summed E-state index contributed by atoms with van der Waals surface area (Å²) in [5.74, 6) is -3.51. The van der Waals surface area contributed by atoms with Crippen LogP contribution in [0.1, 0.15) is 39.0 Å². The van der Waals surface area contributed by atoms with Crippen LogP contribution in [0.5, 0.6) is 0 Å². The number of rotatable bonds is 3. The monoisotopic (exact) mass is 285 g/mol. The van der Waals surface area contributed by atoms with Gasteiger partial charge in [0, 0.05) is 6.04 Å². The van der Waals surface area contributed by atoms with Crippen LogP contribution in [-0.2, 0) is 9.59 Å². The number of halogens is 3. The van der Waals surface area contributed by atoms with Gasteiger partial charge in [0.25, 0.3) is 0 Å². The van der Waals surface area contributed by atoms with Crippen LogP contribution in [0.2, 0.25) is 0 Å². The first-order valence-corrected chi connectivity index (χ1v) is 5.93. The third-order valence-corrected chi connectivity index (χ3v) is 2.70. The molecule has 3 N–H and O–H groups in total. The van der Waals surface area contributed by atoms with Crippen molar-refractivity contribution in [2.24, 2.45) is 0 Å². The van der Waals surface area contributed by atoms with Gasteiger partial charge in [-0.05, 0) is 19.8 Å². The number of carboxylic acids is 2. The first kappa shape index (κ1) is 17.7. The summed E-state index contributed by atoms with van der Waals surface area (Å²) in [4.78, 5) is 19.4. The molecule has 0 bridgehead atoms. The largest absolute Gasteiger partial charge is 0.490 e. The van der Waals surface area contributed by atoms with Gasteiger partial charge in [0.1, 0.15) is 6.04 Å². The van der Waals surface area contributed by atoms with E-state index < -0.39 is 24.2 Å². The molecule has 0 spiro atoms. The first-order valence-electron chi connectivity index (χ1n) is 5.93. The Hall–Kier alpha value is -1.31. The van der Waals surface area contributed by atoms with Crippen molar-refractivity contribution < 1.29 is 33.0 Å². The minimum absolute atomic E-state index is 0.395. The summed E-state index contributed by atoms with van der Waals surface area (Å²) in [7, 11) is 0. The topological polar surface area (TPSA) is 86.6 Å². The third-order valence-electron chi connectivity index (χ3n) is 2.70. The average Bonchev–Trinajstić information content (AvgIpc) is 2.29. The Bertz CT molecular complexity index is 301. The maximum Gasteiger partial charge on any atom is 0.490 e. The van der Waals surface area contributed by atoms with E-state index >= 15 is 0 Å². The van der Waals surface area contributed by atoms with E-state index in [1.807, 2.05) is 0 Å². The van der Waals surface area contributed by atoms with Crippen LogP contribution in [-0.4, -0.2) is 40.4 Å². The maximum absolute atomic E-state index is 10.6. The van der Waals surface area contributed by atoms with E-state index in [-0.39, 0.29) is 0 Å². The molecule has 19 heavy (non-hydrogen) atoms. The lowest BCUT2D eigenvalue weighted by Gasteiger charge is -2.24. The molecule has 0 saturated heterocycles. The Balaban J connectivity index is 0.000000399. The SMILES string of the molecule is C[C@H](NC1CCCCC1)C(=O)O.O=C(O)C(F)(F)F. The second-order valence-corrected chi connectivity index (χ2v) is 4.36. The predicted octanol–water partition coefficient (Wildman–Crippen LogP) is 2.02. The third kappa shape index (κ3) is 8.41. The average molecular weight is 285 g/mol. The van der Waals surface area contributed by atoms with E-state index in [1.165, 1.54) is 19.3 Å². The van der Waals surface area contributed by atoms with Gasteiger partial charge in [-0.2, -0.15) is 13.2 Å². The van der Waals surface area contributed by atoms with E-state index in [4.69, 9.17) is 15.0 Å². The fourth-order valence-electron chi connectivity index (χ4n) is 1.69. The molecule has 8 heteroatoms. The smallest absolute Gasteiger partial charge is 0.480 e. The normalized spacial score (nSPS) is 18.1. The molecule has 1 saturated carbocycles. The number of carbonyl (C=O) groups is 2. The lowest BCUT2D eigenvalue weighted by molar-refractivity contribution is -0.192. The van der Waals surface area contributed by atoms with Crippen molar-refractivity contribution >= 4 is 11.9 Å². The van der Waals surface area contributed by atoms with Crippen LogP contribution < -0.4 is 5.32 Å². The summed E-state index contributed by atoms with van der Waals surface area (Å²) in [5, 5.41) is 18.9. The van der Waals surface area contributed by atoms with Gasteiger partial charge in [0.2, 0.25) is 0 Å². The molecular formula is C11H18F3NO4. The lowest BCUT2D eigenvalue weighted by Crippen LogP contribution is -2.42. The minimum atomic E-state index is -5.08. The summed E-state index contributed by atoms with van der Waals surface area (Å²) in [6.45, 7) is 1.71. The quantitative estimate of drug-likeness (QED) is 0.738. The van der Waals surface area contributed by atoms with Crippen molar-refractivity contribution in [1.82, 2.24) is 5.32 Å². The summed E-state index contributed by atoms with van der Waals surface area (Å²) in [6, 6.07) is 0.0398. The van der Waals surface area contributed by atoms with Gasteiger partial charge in [-0.1, -0.05) is 19.3 Å². The molecule has 0 aromatic rings. The van der Waals surface area contributed by atoms with Crippen molar-refractivity contribution in [3.05, 3.63) is 0 Å². The summed E-state index contributed by atoms with van der Waals surface area (Å²) in [5.41, 5.74) is 0. The Morgan fingerprint density at radius 2 is 1.58 bits per heavy atom. The van der Waals surface area contributed by atoms with E-state index in [2.05, 4.69) is 5.32 Å². The van der Waals surface area contributed by atoms with Crippen molar-refractivity contribution in [1.29, 1.82) is 0 Å². The highest BCUT2D eigenvalue weighted by Gasteiger charge is 2.38. The molecule has 1 rings (SSSR count). The highest BCUT2D eigenvalue weighted by Crippen LogP contribution is 2.17. The zero-order valence-electron chi connectivity index (χ0n) is 10.5. The van der Waals surface area contributed by atoms with E-state index in [0.717, 1.165) is 12.8 Å². The lowest BCUT2D eigenvalue weighted by atomic mass is 9.95. The van der Waals surface area contributed by atoms with Crippen LogP contribution in [0.25, 0.3) is 0 Å². The molecule has 0 unspecified atom stereocenters. The van der Waals surface area contributed by atoms with Crippen molar-refractivity contribution in [2.45, 2.75) is 57.3 Å². The zero-order valence-corrected chi connectivity index (χ0v) is 10.5. The van der Waals surface area contributed by atoms with Gasteiger partial charge in [-0.3, -0.25) is 4.79 Å². The number of alkyl halides is 3. The van der Waals surface area contributed by atoms with Crippen molar-refractivity contribution in [2.75, 3.05) is 0 Å². The molecule has 0 aliphatic heterocycles. The molecule has 0 aromatic heterocycles. The standard InChI is InChI=1S/C9H17NO2.C2HF3O2/c1-7(9(11)12)10-8-5-3-2-4-6-8;3-2(4,5)1(6)7/h7-8,10H,2-6H2,1H3,(H,11,12);(H,6,7)/t7-;/m0./s1. The molecule has 0 radical (unpaired) electrons. The molecule has 1 atom stereocenters.